The molecule has 1 atom stereocenters. The molecular formula is C12H13BrClN3O4. The van der Waals surface area contributed by atoms with Crippen molar-refractivity contribution in [3.05, 3.63) is 27.7 Å². The topological polar surface area (TPSA) is 122 Å². The zero-order valence-corrected chi connectivity index (χ0v) is 13.1. The quantitative estimate of drug-likeness (QED) is 0.604. The van der Waals surface area contributed by atoms with E-state index in [2.05, 4.69) is 26.6 Å². The van der Waals surface area contributed by atoms with Crippen LogP contribution in [0.2, 0.25) is 5.02 Å². The van der Waals surface area contributed by atoms with E-state index in [1.54, 1.807) is 18.2 Å². The van der Waals surface area contributed by atoms with Crippen molar-refractivity contribution in [2.24, 2.45) is 5.73 Å². The summed E-state index contributed by atoms with van der Waals surface area (Å²) >= 11 is 9.15. The van der Waals surface area contributed by atoms with Gasteiger partial charge in [-0.25, -0.2) is 9.59 Å². The Morgan fingerprint density at radius 3 is 2.57 bits per heavy atom. The zero-order chi connectivity index (χ0) is 16.0. The molecule has 0 aliphatic rings. The van der Waals surface area contributed by atoms with Crippen molar-refractivity contribution in [3.8, 4) is 0 Å². The molecule has 1 rings (SSSR count). The van der Waals surface area contributed by atoms with Crippen molar-refractivity contribution < 1.29 is 19.5 Å². The first-order valence-electron chi connectivity index (χ1n) is 5.83. The molecule has 5 N–H and O–H groups in total. The Labute approximate surface area is 134 Å². The second-order valence-corrected chi connectivity index (χ2v) is 5.44. The van der Waals surface area contributed by atoms with E-state index in [-0.39, 0.29) is 12.8 Å². The van der Waals surface area contributed by atoms with Crippen LogP contribution < -0.4 is 16.4 Å². The van der Waals surface area contributed by atoms with Crippen molar-refractivity contribution >= 4 is 51.1 Å². The maximum Gasteiger partial charge on any atom is 0.326 e. The number of nitrogens with one attached hydrogen (secondary N) is 2. The Hall–Kier alpha value is -1.80. The Morgan fingerprint density at radius 2 is 2.05 bits per heavy atom. The SMILES string of the molecule is NC(=O)CC[C@H](NC(=O)Nc1ccc(Br)cc1Cl)C(=O)O. The molecule has 0 unspecified atom stereocenters. The van der Waals surface area contributed by atoms with Gasteiger partial charge in [-0.05, 0) is 24.6 Å². The highest BCUT2D eigenvalue weighted by molar-refractivity contribution is 9.10. The summed E-state index contributed by atoms with van der Waals surface area (Å²) in [6, 6.07) is 2.86. The van der Waals surface area contributed by atoms with Gasteiger partial charge in [0.2, 0.25) is 5.91 Å². The first-order chi connectivity index (χ1) is 9.79. The van der Waals surface area contributed by atoms with Crippen LogP contribution in [0.1, 0.15) is 12.8 Å². The summed E-state index contributed by atoms with van der Waals surface area (Å²) in [5.41, 5.74) is 5.28. The lowest BCUT2D eigenvalue weighted by molar-refractivity contribution is -0.139. The number of halogens is 2. The number of carbonyl (C=O) groups is 3. The summed E-state index contributed by atoms with van der Waals surface area (Å²) in [6.45, 7) is 0. The van der Waals surface area contributed by atoms with E-state index in [9.17, 15) is 14.4 Å². The molecule has 9 heteroatoms. The summed E-state index contributed by atoms with van der Waals surface area (Å²) in [5.74, 6) is -1.90. The molecular weight excluding hydrogens is 366 g/mol. The molecule has 0 heterocycles. The lowest BCUT2D eigenvalue weighted by Crippen LogP contribution is -2.43. The van der Waals surface area contributed by atoms with Gasteiger partial charge in [-0.15, -0.1) is 0 Å². The maximum atomic E-state index is 11.7. The van der Waals surface area contributed by atoms with Crippen LogP contribution in [0.5, 0.6) is 0 Å². The van der Waals surface area contributed by atoms with Gasteiger partial charge in [0.25, 0.3) is 0 Å². The second-order valence-electron chi connectivity index (χ2n) is 4.12. The van der Waals surface area contributed by atoms with E-state index in [0.717, 1.165) is 4.47 Å². The van der Waals surface area contributed by atoms with E-state index in [1.807, 2.05) is 0 Å². The van der Waals surface area contributed by atoms with Gasteiger partial charge in [0.15, 0.2) is 0 Å². The Morgan fingerprint density at radius 1 is 1.38 bits per heavy atom. The van der Waals surface area contributed by atoms with Crippen LogP contribution >= 0.6 is 27.5 Å². The first kappa shape index (κ1) is 17.3. The van der Waals surface area contributed by atoms with E-state index >= 15 is 0 Å². The summed E-state index contributed by atoms with van der Waals surface area (Å²) < 4.78 is 0.739. The monoisotopic (exact) mass is 377 g/mol. The molecule has 114 valence electrons. The Bertz CT molecular complexity index is 567. The molecule has 0 fully saturated rings. The smallest absolute Gasteiger partial charge is 0.326 e. The summed E-state index contributed by atoms with van der Waals surface area (Å²) in [4.78, 5) is 33.4. The van der Waals surface area contributed by atoms with Gasteiger partial charge in [-0.3, -0.25) is 4.79 Å². The molecule has 0 radical (unpaired) electrons. The standard InChI is InChI=1S/C12H13BrClN3O4/c13-6-1-2-8(7(14)5-6)16-12(21)17-9(11(19)20)3-4-10(15)18/h1-2,5,9H,3-4H2,(H2,15,18)(H,19,20)(H2,16,17,21)/t9-/m0/s1. The zero-order valence-electron chi connectivity index (χ0n) is 10.7. The van der Waals surface area contributed by atoms with Crippen molar-refractivity contribution in [2.45, 2.75) is 18.9 Å². The third-order valence-corrected chi connectivity index (χ3v) is 3.27. The molecule has 3 amide bonds. The fourth-order valence-electron chi connectivity index (χ4n) is 1.45. The van der Waals surface area contributed by atoms with Crippen LogP contribution in [0.25, 0.3) is 0 Å². The number of benzene rings is 1. The van der Waals surface area contributed by atoms with Crippen LogP contribution in [0, 0.1) is 0 Å². The number of urea groups is 1. The molecule has 1 aromatic rings. The third-order valence-electron chi connectivity index (χ3n) is 2.46. The number of rotatable bonds is 6. The summed E-state index contributed by atoms with van der Waals surface area (Å²) in [7, 11) is 0. The Kier molecular flexibility index (Phi) is 6.44. The number of amides is 3. The minimum Gasteiger partial charge on any atom is -0.480 e. The molecule has 0 aliphatic carbocycles. The van der Waals surface area contributed by atoms with Gasteiger partial charge in [-0.2, -0.15) is 0 Å². The average Bonchev–Trinajstić information content (AvgIpc) is 2.37. The lowest BCUT2D eigenvalue weighted by Gasteiger charge is -2.15. The van der Waals surface area contributed by atoms with Gasteiger partial charge in [0.1, 0.15) is 6.04 Å². The van der Waals surface area contributed by atoms with Gasteiger partial charge in [0, 0.05) is 10.9 Å². The van der Waals surface area contributed by atoms with Gasteiger partial charge in [0.05, 0.1) is 10.7 Å². The maximum absolute atomic E-state index is 11.7. The number of hydrogen-bond donors (Lipinski definition) is 4. The highest BCUT2D eigenvalue weighted by Gasteiger charge is 2.20. The number of anilines is 1. The predicted molar refractivity (Wildman–Crippen MR) is 81.2 cm³/mol. The predicted octanol–water partition coefficient (Wildman–Crippen LogP) is 1.94. The van der Waals surface area contributed by atoms with Gasteiger partial charge < -0.3 is 21.5 Å². The van der Waals surface area contributed by atoms with Crippen molar-refractivity contribution in [1.29, 1.82) is 0 Å². The van der Waals surface area contributed by atoms with Gasteiger partial charge in [-0.1, -0.05) is 27.5 Å². The molecule has 0 aromatic heterocycles. The van der Waals surface area contributed by atoms with Crippen molar-refractivity contribution in [2.75, 3.05) is 5.32 Å². The minimum absolute atomic E-state index is 0.0911. The highest BCUT2D eigenvalue weighted by atomic mass is 79.9. The van der Waals surface area contributed by atoms with Crippen LogP contribution in [0.15, 0.2) is 22.7 Å². The van der Waals surface area contributed by atoms with Crippen LogP contribution in [0.4, 0.5) is 10.5 Å². The highest BCUT2D eigenvalue weighted by Crippen LogP contribution is 2.25. The molecule has 0 aliphatic heterocycles. The minimum atomic E-state index is -1.26. The number of aliphatic carboxylic acids is 1. The molecule has 0 saturated carbocycles. The molecule has 21 heavy (non-hydrogen) atoms. The van der Waals surface area contributed by atoms with E-state index in [1.165, 1.54) is 0 Å². The van der Waals surface area contributed by atoms with Crippen molar-refractivity contribution in [3.63, 3.8) is 0 Å². The molecule has 0 spiro atoms. The normalized spacial score (nSPS) is 11.5. The van der Waals surface area contributed by atoms with E-state index < -0.39 is 23.9 Å². The number of carbonyl (C=O) groups excluding carboxylic acids is 2. The second kappa shape index (κ2) is 7.84. The molecule has 0 bridgehead atoms. The third kappa shape index (κ3) is 6.01. The van der Waals surface area contributed by atoms with Crippen LogP contribution in [-0.4, -0.2) is 29.1 Å². The summed E-state index contributed by atoms with van der Waals surface area (Å²) in [5, 5.41) is 13.9. The number of hydrogen-bond acceptors (Lipinski definition) is 3. The average molecular weight is 379 g/mol. The van der Waals surface area contributed by atoms with Gasteiger partial charge >= 0.3 is 12.0 Å². The fraction of sp³-hybridized carbons (Fsp3) is 0.250. The van der Waals surface area contributed by atoms with Crippen LogP contribution in [0.3, 0.4) is 0 Å². The fourth-order valence-corrected chi connectivity index (χ4v) is 2.17. The molecule has 1 aromatic carbocycles. The van der Waals surface area contributed by atoms with Crippen molar-refractivity contribution in [1.82, 2.24) is 5.32 Å². The molecule has 7 nitrogen and oxygen atoms in total. The molecule has 0 saturated heterocycles. The van der Waals surface area contributed by atoms with Crippen LogP contribution in [-0.2, 0) is 9.59 Å². The number of carboxylic acids is 1. The Balaban J connectivity index is 2.65. The number of carboxylic acid groups (broad SMARTS) is 1. The summed E-state index contributed by atoms with van der Waals surface area (Å²) in [6.07, 6.45) is -0.234. The lowest BCUT2D eigenvalue weighted by atomic mass is 10.1. The number of primary amides is 1. The largest absolute Gasteiger partial charge is 0.480 e. The van der Waals surface area contributed by atoms with E-state index in [4.69, 9.17) is 22.4 Å². The number of nitrogens with two attached hydrogens (primary N) is 1. The van der Waals surface area contributed by atoms with E-state index in [0.29, 0.717) is 10.7 Å². The first-order valence-corrected chi connectivity index (χ1v) is 7.00.